The van der Waals surface area contributed by atoms with Crippen molar-refractivity contribution in [1.82, 2.24) is 14.7 Å². The normalized spacial score (nSPS) is 29.4. The van der Waals surface area contributed by atoms with Gasteiger partial charge in [0.1, 0.15) is 6.04 Å². The van der Waals surface area contributed by atoms with Gasteiger partial charge in [0.2, 0.25) is 17.7 Å². The van der Waals surface area contributed by atoms with Crippen LogP contribution in [0.4, 0.5) is 0 Å². The largest absolute Gasteiger partial charge is 0.394 e. The van der Waals surface area contributed by atoms with Gasteiger partial charge in [-0.2, -0.15) is 0 Å². The van der Waals surface area contributed by atoms with E-state index in [2.05, 4.69) is 36.0 Å². The number of carbonyl (C=O) groups is 3. The van der Waals surface area contributed by atoms with Crippen molar-refractivity contribution in [2.24, 2.45) is 17.8 Å². The lowest BCUT2D eigenvalue weighted by atomic mass is 9.70. The van der Waals surface area contributed by atoms with E-state index in [1.54, 1.807) is 33.7 Å². The van der Waals surface area contributed by atoms with E-state index in [-0.39, 0.29) is 46.4 Å². The SMILES string of the molecule is C=CCN(Cc1ccccc1)C(=O)[C@H]1[C@H]2C(=O)N([C@@H](CO)C(C)C)C(C(=O)N(CC=C)C(C)CCC)C23CC(Br)[C@@H]1S3. The molecule has 0 aliphatic carbocycles. The molecular weight excluding hydrogens is 614 g/mol. The maximum absolute atomic E-state index is 14.7. The van der Waals surface area contributed by atoms with Gasteiger partial charge in [0.25, 0.3) is 0 Å². The number of likely N-dealkylation sites (tertiary alicyclic amines) is 1. The predicted molar refractivity (Wildman–Crippen MR) is 173 cm³/mol. The van der Waals surface area contributed by atoms with E-state index in [0.29, 0.717) is 26.1 Å². The Labute approximate surface area is 263 Å². The number of nitrogens with zero attached hydrogens (tertiary/aromatic N) is 3. The Balaban J connectivity index is 1.80. The molecule has 1 spiro atoms. The van der Waals surface area contributed by atoms with E-state index in [0.717, 1.165) is 18.4 Å². The van der Waals surface area contributed by atoms with Crippen LogP contribution in [0, 0.1) is 17.8 Å². The number of halogens is 1. The number of hydrogen-bond donors (Lipinski definition) is 1. The summed E-state index contributed by atoms with van der Waals surface area (Å²) >= 11 is 5.52. The van der Waals surface area contributed by atoms with Gasteiger partial charge < -0.3 is 19.8 Å². The molecule has 42 heavy (non-hydrogen) atoms. The van der Waals surface area contributed by atoms with Crippen LogP contribution in [0.25, 0.3) is 0 Å². The molecule has 1 aromatic rings. The summed E-state index contributed by atoms with van der Waals surface area (Å²) in [7, 11) is 0. The first-order valence-corrected chi connectivity index (χ1v) is 17.0. The van der Waals surface area contributed by atoms with Crippen LogP contribution in [0.1, 0.15) is 52.5 Å². The fourth-order valence-corrected chi connectivity index (χ4v) is 11.0. The average molecular weight is 661 g/mol. The minimum atomic E-state index is -0.774. The van der Waals surface area contributed by atoms with Gasteiger partial charge in [-0.3, -0.25) is 14.4 Å². The highest BCUT2D eigenvalue weighted by atomic mass is 79.9. The number of benzene rings is 1. The molecule has 3 fully saturated rings. The number of amides is 3. The molecule has 230 valence electrons. The molecule has 1 aromatic carbocycles. The molecule has 0 aromatic heterocycles. The van der Waals surface area contributed by atoms with Crippen molar-refractivity contribution in [3.63, 3.8) is 0 Å². The van der Waals surface area contributed by atoms with Gasteiger partial charge >= 0.3 is 0 Å². The van der Waals surface area contributed by atoms with Crippen LogP contribution in [-0.4, -0.2) is 90.2 Å². The van der Waals surface area contributed by atoms with E-state index in [1.807, 2.05) is 56.0 Å². The second-order valence-corrected chi connectivity index (χ2v) is 15.0. The quantitative estimate of drug-likeness (QED) is 0.227. The number of aliphatic hydroxyl groups excluding tert-OH is 1. The Hall–Kier alpha value is -2.10. The highest BCUT2D eigenvalue weighted by molar-refractivity contribution is 9.09. The molecule has 7 nitrogen and oxygen atoms in total. The van der Waals surface area contributed by atoms with Crippen LogP contribution in [-0.2, 0) is 20.9 Å². The molecule has 3 heterocycles. The van der Waals surface area contributed by atoms with Crippen molar-refractivity contribution in [3.05, 3.63) is 61.2 Å². The van der Waals surface area contributed by atoms with Gasteiger partial charge in [0.05, 0.1) is 29.2 Å². The average Bonchev–Trinajstić information content (AvgIpc) is 3.55. The van der Waals surface area contributed by atoms with Crippen molar-refractivity contribution in [1.29, 1.82) is 0 Å². The molecule has 9 heteroatoms. The van der Waals surface area contributed by atoms with Crippen molar-refractivity contribution in [3.8, 4) is 0 Å². The number of aliphatic hydroxyl groups is 1. The molecular formula is C33H46BrN3O4S. The fraction of sp³-hybridized carbons (Fsp3) is 0.606. The first-order valence-electron chi connectivity index (χ1n) is 15.2. The number of rotatable bonds is 14. The molecule has 3 aliphatic rings. The molecule has 0 saturated carbocycles. The third-order valence-electron chi connectivity index (χ3n) is 9.28. The highest BCUT2D eigenvalue weighted by Crippen LogP contribution is 2.68. The lowest BCUT2D eigenvalue weighted by molar-refractivity contribution is -0.148. The van der Waals surface area contributed by atoms with Crippen LogP contribution < -0.4 is 0 Å². The number of fused-ring (bicyclic) bond motifs is 1. The van der Waals surface area contributed by atoms with Crippen LogP contribution >= 0.6 is 27.7 Å². The smallest absolute Gasteiger partial charge is 0.247 e. The fourth-order valence-electron chi connectivity index (χ4n) is 7.37. The lowest BCUT2D eigenvalue weighted by Crippen LogP contribution is -2.60. The van der Waals surface area contributed by atoms with E-state index in [1.165, 1.54) is 0 Å². The maximum atomic E-state index is 14.7. The topological polar surface area (TPSA) is 81.2 Å². The summed E-state index contributed by atoms with van der Waals surface area (Å²) in [5.74, 6) is -1.69. The second kappa shape index (κ2) is 13.7. The molecule has 4 rings (SSSR count). The molecule has 3 saturated heterocycles. The molecule has 8 atom stereocenters. The zero-order chi connectivity index (χ0) is 30.8. The molecule has 3 amide bonds. The number of alkyl halides is 1. The zero-order valence-electron chi connectivity index (χ0n) is 25.3. The molecule has 2 bridgehead atoms. The summed E-state index contributed by atoms with van der Waals surface area (Å²) in [4.78, 5) is 49.1. The summed E-state index contributed by atoms with van der Waals surface area (Å²) in [5, 5.41) is 10.4. The van der Waals surface area contributed by atoms with Crippen molar-refractivity contribution >= 4 is 45.4 Å². The van der Waals surface area contributed by atoms with Gasteiger partial charge in [-0.05, 0) is 31.2 Å². The summed E-state index contributed by atoms with van der Waals surface area (Å²) in [6, 6.07) is 8.49. The standard InChI is InChI=1S/C33H46BrN3O4S/c1-7-13-22(6)36(17-9-3)32(41)29-33-18-24(34)28(42-33)26(27(33)31(40)37(29)25(20-38)21(4)5)30(39)35(16-8-2)19-23-14-11-10-12-15-23/h8-12,14-15,21-22,24-29,38H,2-3,7,13,16-20H2,1,4-6H3/t22?,24?,25-,26-,27-,28-,29?,33?/m0/s1. The first-order chi connectivity index (χ1) is 20.1. The van der Waals surface area contributed by atoms with Gasteiger partial charge in [0.15, 0.2) is 0 Å². The Morgan fingerprint density at radius 2 is 1.83 bits per heavy atom. The first kappa shape index (κ1) is 32.8. The van der Waals surface area contributed by atoms with Crippen LogP contribution in [0.15, 0.2) is 55.6 Å². The maximum Gasteiger partial charge on any atom is 0.247 e. The van der Waals surface area contributed by atoms with Gasteiger partial charge in [-0.1, -0.05) is 85.6 Å². The Morgan fingerprint density at radius 1 is 1.17 bits per heavy atom. The summed E-state index contributed by atoms with van der Waals surface area (Å²) in [6.07, 6.45) is 5.82. The summed E-state index contributed by atoms with van der Waals surface area (Å²) in [6.45, 7) is 16.8. The predicted octanol–water partition coefficient (Wildman–Crippen LogP) is 4.89. The third-order valence-corrected chi connectivity index (χ3v) is 12.5. The number of carbonyl (C=O) groups excluding carboxylic acids is 3. The van der Waals surface area contributed by atoms with E-state index in [4.69, 9.17) is 0 Å². The Kier molecular flexibility index (Phi) is 10.7. The molecule has 3 aliphatic heterocycles. The second-order valence-electron chi connectivity index (χ2n) is 12.3. The van der Waals surface area contributed by atoms with Crippen molar-refractivity contribution in [2.45, 2.75) is 86.5 Å². The van der Waals surface area contributed by atoms with Gasteiger partial charge in [-0.15, -0.1) is 24.9 Å². The Bertz CT molecular complexity index is 1170. The van der Waals surface area contributed by atoms with Gasteiger partial charge in [0, 0.05) is 35.8 Å². The van der Waals surface area contributed by atoms with E-state index < -0.39 is 28.7 Å². The molecule has 0 radical (unpaired) electrons. The van der Waals surface area contributed by atoms with E-state index in [9.17, 15) is 19.5 Å². The number of hydrogen-bond acceptors (Lipinski definition) is 5. The van der Waals surface area contributed by atoms with Crippen molar-refractivity contribution < 1.29 is 19.5 Å². The monoisotopic (exact) mass is 659 g/mol. The van der Waals surface area contributed by atoms with Crippen molar-refractivity contribution in [2.75, 3.05) is 19.7 Å². The summed E-state index contributed by atoms with van der Waals surface area (Å²) in [5.41, 5.74) is 1.01. The van der Waals surface area contributed by atoms with Crippen LogP contribution in [0.3, 0.4) is 0 Å². The zero-order valence-corrected chi connectivity index (χ0v) is 27.7. The lowest BCUT2D eigenvalue weighted by Gasteiger charge is -2.42. The van der Waals surface area contributed by atoms with E-state index >= 15 is 0 Å². The Morgan fingerprint density at radius 3 is 2.40 bits per heavy atom. The minimum Gasteiger partial charge on any atom is -0.394 e. The third kappa shape index (κ3) is 5.73. The van der Waals surface area contributed by atoms with Gasteiger partial charge in [-0.25, -0.2) is 0 Å². The van der Waals surface area contributed by atoms with Crippen LogP contribution in [0.5, 0.6) is 0 Å². The number of thioether (sulfide) groups is 1. The minimum absolute atomic E-state index is 0.0226. The van der Waals surface area contributed by atoms with Crippen LogP contribution in [0.2, 0.25) is 0 Å². The summed E-state index contributed by atoms with van der Waals surface area (Å²) < 4.78 is -0.770. The molecule has 4 unspecified atom stereocenters. The highest BCUT2D eigenvalue weighted by Gasteiger charge is 2.76. The molecule has 1 N–H and O–H groups in total.